The van der Waals surface area contributed by atoms with Gasteiger partial charge in [-0.1, -0.05) is 0 Å². The van der Waals surface area contributed by atoms with Crippen LogP contribution >= 0.6 is 0 Å². The van der Waals surface area contributed by atoms with Gasteiger partial charge in [-0.25, -0.2) is 8.42 Å². The van der Waals surface area contributed by atoms with Crippen molar-refractivity contribution in [2.24, 2.45) is 0 Å². The van der Waals surface area contributed by atoms with E-state index in [1.807, 2.05) is 27.7 Å². The van der Waals surface area contributed by atoms with Crippen molar-refractivity contribution >= 4 is 15.7 Å². The summed E-state index contributed by atoms with van der Waals surface area (Å²) >= 11 is 0. The van der Waals surface area contributed by atoms with Gasteiger partial charge in [0.25, 0.3) is 0 Å². The Bertz CT molecular complexity index is 603. The van der Waals surface area contributed by atoms with E-state index in [-0.39, 0.29) is 17.1 Å². The van der Waals surface area contributed by atoms with Crippen molar-refractivity contribution < 1.29 is 13.2 Å². The molecule has 1 heterocycles. The van der Waals surface area contributed by atoms with Crippen molar-refractivity contribution in [3.05, 3.63) is 23.3 Å². The van der Waals surface area contributed by atoms with Gasteiger partial charge in [0.1, 0.15) is 4.90 Å². The molecule has 2 unspecified atom stereocenters. The topological polar surface area (TPSA) is 72.6 Å². The normalized spacial score (nSPS) is 24.8. The molecule has 1 aliphatic heterocycles. The van der Waals surface area contributed by atoms with Gasteiger partial charge < -0.3 is 10.5 Å². The Morgan fingerprint density at radius 3 is 2.20 bits per heavy atom. The number of nitrogen functional groups attached to an aromatic ring is 1. The zero-order valence-electron chi connectivity index (χ0n) is 12.4. The molecule has 2 rings (SSSR count). The van der Waals surface area contributed by atoms with Gasteiger partial charge >= 0.3 is 0 Å². The number of anilines is 1. The Labute approximate surface area is 120 Å². The van der Waals surface area contributed by atoms with Crippen molar-refractivity contribution in [1.29, 1.82) is 0 Å². The first kappa shape index (κ1) is 15.3. The maximum Gasteiger partial charge on any atom is 0.245 e. The van der Waals surface area contributed by atoms with Crippen LogP contribution in [0.3, 0.4) is 0 Å². The van der Waals surface area contributed by atoms with E-state index in [0.29, 0.717) is 18.8 Å². The minimum Gasteiger partial charge on any atom is -0.398 e. The van der Waals surface area contributed by atoms with Gasteiger partial charge in [0.15, 0.2) is 0 Å². The summed E-state index contributed by atoms with van der Waals surface area (Å²) < 4.78 is 32.6. The third kappa shape index (κ3) is 2.82. The van der Waals surface area contributed by atoms with Gasteiger partial charge in [-0.05, 0) is 51.0 Å². The van der Waals surface area contributed by atoms with Crippen molar-refractivity contribution in [2.45, 2.75) is 44.8 Å². The summed E-state index contributed by atoms with van der Waals surface area (Å²) in [6, 6.07) is 3.38. The van der Waals surface area contributed by atoms with Crippen LogP contribution in [0.1, 0.15) is 25.0 Å². The van der Waals surface area contributed by atoms with Crippen LogP contribution in [0.25, 0.3) is 0 Å². The molecule has 1 aromatic rings. The van der Waals surface area contributed by atoms with Crippen LogP contribution < -0.4 is 5.73 Å². The average Bonchev–Trinajstić information content (AvgIpc) is 2.32. The van der Waals surface area contributed by atoms with Gasteiger partial charge in [0.05, 0.1) is 17.9 Å². The van der Waals surface area contributed by atoms with Gasteiger partial charge in [0.2, 0.25) is 10.0 Å². The van der Waals surface area contributed by atoms with Crippen LogP contribution in [0.2, 0.25) is 0 Å². The second-order valence-electron chi connectivity index (χ2n) is 5.55. The highest BCUT2D eigenvalue weighted by atomic mass is 32.2. The Hall–Kier alpha value is -1.11. The van der Waals surface area contributed by atoms with E-state index in [0.717, 1.165) is 11.1 Å². The predicted octanol–water partition coefficient (Wildman–Crippen LogP) is 1.68. The first-order chi connectivity index (χ1) is 9.21. The number of ether oxygens (including phenoxy) is 1. The smallest absolute Gasteiger partial charge is 0.245 e. The molecule has 0 spiro atoms. The monoisotopic (exact) mass is 298 g/mol. The van der Waals surface area contributed by atoms with Gasteiger partial charge in [-0.3, -0.25) is 0 Å². The molecular formula is C14H22N2O3S. The number of hydrogen-bond acceptors (Lipinski definition) is 4. The number of nitrogens with two attached hydrogens (primary N) is 1. The lowest BCUT2D eigenvalue weighted by atomic mass is 10.1. The Kier molecular flexibility index (Phi) is 4.09. The predicted molar refractivity (Wildman–Crippen MR) is 79.1 cm³/mol. The third-order valence-electron chi connectivity index (χ3n) is 3.63. The molecule has 1 saturated heterocycles. The molecule has 1 aromatic carbocycles. The first-order valence-electron chi connectivity index (χ1n) is 6.74. The lowest BCUT2D eigenvalue weighted by Gasteiger charge is -2.34. The van der Waals surface area contributed by atoms with Gasteiger partial charge in [-0.15, -0.1) is 0 Å². The maximum absolute atomic E-state index is 12.8. The second kappa shape index (κ2) is 5.35. The zero-order chi connectivity index (χ0) is 15.1. The summed E-state index contributed by atoms with van der Waals surface area (Å²) in [5.74, 6) is 0. The lowest BCUT2D eigenvalue weighted by Crippen LogP contribution is -2.48. The van der Waals surface area contributed by atoms with E-state index < -0.39 is 10.0 Å². The van der Waals surface area contributed by atoms with Crippen molar-refractivity contribution in [3.63, 3.8) is 0 Å². The SMILES string of the molecule is Cc1cc(N)c(S(=O)(=O)N2CC(C)OC(C)C2)cc1C. The molecule has 20 heavy (non-hydrogen) atoms. The van der Waals surface area contributed by atoms with E-state index in [2.05, 4.69) is 0 Å². The van der Waals surface area contributed by atoms with Crippen LogP contribution in [-0.4, -0.2) is 38.0 Å². The van der Waals surface area contributed by atoms with Crippen molar-refractivity contribution in [3.8, 4) is 0 Å². The van der Waals surface area contributed by atoms with Gasteiger partial charge in [0, 0.05) is 13.1 Å². The van der Waals surface area contributed by atoms with Crippen LogP contribution in [0.15, 0.2) is 17.0 Å². The zero-order valence-corrected chi connectivity index (χ0v) is 13.2. The Balaban J connectivity index is 2.42. The summed E-state index contributed by atoms with van der Waals surface area (Å²) in [6.07, 6.45) is -0.220. The summed E-state index contributed by atoms with van der Waals surface area (Å²) in [6.45, 7) is 8.28. The quantitative estimate of drug-likeness (QED) is 0.843. The fourth-order valence-corrected chi connectivity index (χ4v) is 4.27. The largest absolute Gasteiger partial charge is 0.398 e. The summed E-state index contributed by atoms with van der Waals surface area (Å²) in [5, 5.41) is 0. The molecule has 5 nitrogen and oxygen atoms in total. The van der Waals surface area contributed by atoms with Crippen molar-refractivity contribution in [2.75, 3.05) is 18.8 Å². The minimum atomic E-state index is -3.57. The summed E-state index contributed by atoms with van der Waals surface area (Å²) in [5.41, 5.74) is 8.13. The molecule has 0 radical (unpaired) electrons. The molecule has 6 heteroatoms. The molecule has 1 aliphatic rings. The number of hydrogen-bond donors (Lipinski definition) is 1. The molecule has 1 fully saturated rings. The van der Waals surface area contributed by atoms with Crippen LogP contribution in [0, 0.1) is 13.8 Å². The molecule has 0 bridgehead atoms. The Morgan fingerprint density at radius 2 is 1.65 bits per heavy atom. The highest BCUT2D eigenvalue weighted by Crippen LogP contribution is 2.27. The summed E-state index contributed by atoms with van der Waals surface area (Å²) in [7, 11) is -3.57. The standard InChI is InChI=1S/C14H22N2O3S/c1-9-5-13(15)14(6-10(9)2)20(17,18)16-7-11(3)19-12(4)8-16/h5-6,11-12H,7-8,15H2,1-4H3. The molecule has 0 saturated carbocycles. The maximum atomic E-state index is 12.8. The van der Waals surface area contributed by atoms with Crippen molar-refractivity contribution in [1.82, 2.24) is 4.31 Å². The van der Waals surface area contributed by atoms with E-state index >= 15 is 0 Å². The van der Waals surface area contributed by atoms with E-state index in [9.17, 15) is 8.42 Å². The van der Waals surface area contributed by atoms with Crippen LogP contribution in [0.4, 0.5) is 5.69 Å². The van der Waals surface area contributed by atoms with E-state index in [1.165, 1.54) is 4.31 Å². The number of rotatable bonds is 2. The highest BCUT2D eigenvalue weighted by molar-refractivity contribution is 7.89. The molecule has 0 aliphatic carbocycles. The molecule has 112 valence electrons. The molecule has 0 aromatic heterocycles. The molecule has 2 atom stereocenters. The fourth-order valence-electron chi connectivity index (χ4n) is 2.50. The second-order valence-corrected chi connectivity index (χ2v) is 7.46. The molecule has 0 amide bonds. The number of sulfonamides is 1. The fraction of sp³-hybridized carbons (Fsp3) is 0.571. The Morgan fingerprint density at radius 1 is 1.15 bits per heavy atom. The lowest BCUT2D eigenvalue weighted by molar-refractivity contribution is -0.0440. The average molecular weight is 298 g/mol. The highest BCUT2D eigenvalue weighted by Gasteiger charge is 2.33. The number of nitrogens with zero attached hydrogens (tertiary/aromatic N) is 1. The molecule has 2 N–H and O–H groups in total. The third-order valence-corrected chi connectivity index (χ3v) is 5.52. The number of benzene rings is 1. The number of morpholine rings is 1. The van der Waals surface area contributed by atoms with E-state index in [1.54, 1.807) is 12.1 Å². The van der Waals surface area contributed by atoms with Crippen LogP contribution in [0.5, 0.6) is 0 Å². The number of aryl methyl sites for hydroxylation is 2. The first-order valence-corrected chi connectivity index (χ1v) is 8.18. The summed E-state index contributed by atoms with van der Waals surface area (Å²) in [4.78, 5) is 0.196. The van der Waals surface area contributed by atoms with Crippen LogP contribution in [-0.2, 0) is 14.8 Å². The molecular weight excluding hydrogens is 276 g/mol. The minimum absolute atomic E-state index is 0.110. The van der Waals surface area contributed by atoms with E-state index in [4.69, 9.17) is 10.5 Å². The van der Waals surface area contributed by atoms with Gasteiger partial charge in [-0.2, -0.15) is 4.31 Å².